The van der Waals surface area contributed by atoms with Gasteiger partial charge >= 0.3 is 0 Å². The molecule has 104 valence electrons. The number of anilines is 1. The summed E-state index contributed by atoms with van der Waals surface area (Å²) >= 11 is 0. The molecule has 0 saturated carbocycles. The lowest BCUT2D eigenvalue weighted by Gasteiger charge is -2.30. The van der Waals surface area contributed by atoms with Crippen LogP contribution >= 0.6 is 0 Å². The zero-order chi connectivity index (χ0) is 13.8. The molecule has 0 spiro atoms. The molecule has 0 radical (unpaired) electrons. The molecule has 0 bridgehead atoms. The Hall–Kier alpha value is -1.62. The van der Waals surface area contributed by atoms with Gasteiger partial charge in [-0.3, -0.25) is 10.1 Å². The first-order chi connectivity index (χ1) is 9.13. The van der Waals surface area contributed by atoms with Gasteiger partial charge in [0.1, 0.15) is 0 Å². The lowest BCUT2D eigenvalue weighted by Crippen LogP contribution is -2.37. The monoisotopic (exact) mass is 263 g/mol. The number of hydrogen-bond donors (Lipinski definition) is 1. The molecule has 1 fully saturated rings. The normalized spacial score (nSPS) is 18.5. The highest BCUT2D eigenvalue weighted by Gasteiger charge is 2.23. The van der Waals surface area contributed by atoms with Crippen molar-refractivity contribution in [1.82, 2.24) is 5.32 Å². The molecule has 1 aromatic rings. The van der Waals surface area contributed by atoms with Gasteiger partial charge < -0.3 is 10.2 Å². The van der Waals surface area contributed by atoms with E-state index in [2.05, 4.69) is 17.1 Å². The van der Waals surface area contributed by atoms with Crippen LogP contribution in [0.1, 0.15) is 25.3 Å². The number of aryl methyl sites for hydroxylation is 1. The van der Waals surface area contributed by atoms with Crippen LogP contribution in [0.15, 0.2) is 18.2 Å². The molecule has 2 rings (SSSR count). The predicted molar refractivity (Wildman–Crippen MR) is 76.7 cm³/mol. The Morgan fingerprint density at radius 3 is 2.84 bits per heavy atom. The Morgan fingerprint density at radius 2 is 2.32 bits per heavy atom. The largest absolute Gasteiger partial charge is 0.367 e. The summed E-state index contributed by atoms with van der Waals surface area (Å²) in [6, 6.07) is 5.93. The van der Waals surface area contributed by atoms with Gasteiger partial charge in [-0.25, -0.2) is 0 Å². The van der Waals surface area contributed by atoms with Crippen LogP contribution in [0.3, 0.4) is 0 Å². The highest BCUT2D eigenvalue weighted by atomic mass is 16.6. The Balaban J connectivity index is 2.26. The molecule has 1 aliphatic heterocycles. The van der Waals surface area contributed by atoms with E-state index in [0.717, 1.165) is 43.7 Å². The van der Waals surface area contributed by atoms with Crippen molar-refractivity contribution in [2.24, 2.45) is 0 Å². The van der Waals surface area contributed by atoms with E-state index in [9.17, 15) is 10.1 Å². The Labute approximate surface area is 113 Å². The van der Waals surface area contributed by atoms with Gasteiger partial charge in [0.25, 0.3) is 5.69 Å². The Morgan fingerprint density at radius 1 is 1.53 bits per heavy atom. The molecule has 1 aromatic carbocycles. The van der Waals surface area contributed by atoms with Gasteiger partial charge in [0, 0.05) is 36.4 Å². The van der Waals surface area contributed by atoms with Crippen molar-refractivity contribution in [3.8, 4) is 0 Å². The third-order valence-electron chi connectivity index (χ3n) is 3.65. The van der Waals surface area contributed by atoms with Crippen LogP contribution in [0.5, 0.6) is 0 Å². The van der Waals surface area contributed by atoms with Gasteiger partial charge in [-0.15, -0.1) is 0 Å². The van der Waals surface area contributed by atoms with Crippen LogP contribution in [0.25, 0.3) is 0 Å². The van der Waals surface area contributed by atoms with Gasteiger partial charge in [-0.05, 0) is 38.4 Å². The number of hydrogen-bond acceptors (Lipinski definition) is 4. The van der Waals surface area contributed by atoms with E-state index < -0.39 is 0 Å². The first kappa shape index (κ1) is 13.8. The highest BCUT2D eigenvalue weighted by Crippen LogP contribution is 2.27. The summed E-state index contributed by atoms with van der Waals surface area (Å²) < 4.78 is 0. The van der Waals surface area contributed by atoms with Crippen molar-refractivity contribution >= 4 is 11.4 Å². The van der Waals surface area contributed by atoms with E-state index in [0.29, 0.717) is 6.04 Å². The van der Waals surface area contributed by atoms with Crippen molar-refractivity contribution in [1.29, 1.82) is 0 Å². The fraction of sp³-hybridized carbons (Fsp3) is 0.571. The van der Waals surface area contributed by atoms with Crippen molar-refractivity contribution < 1.29 is 4.92 Å². The van der Waals surface area contributed by atoms with Gasteiger partial charge in [0.05, 0.1) is 4.92 Å². The van der Waals surface area contributed by atoms with E-state index >= 15 is 0 Å². The Bertz CT molecular complexity index is 456. The lowest BCUT2D eigenvalue weighted by atomic mass is 10.1. The maximum Gasteiger partial charge on any atom is 0.272 e. The van der Waals surface area contributed by atoms with Crippen LogP contribution in [0.2, 0.25) is 0 Å². The molecule has 0 aliphatic carbocycles. The molecule has 1 unspecified atom stereocenters. The average molecular weight is 263 g/mol. The first-order valence-electron chi connectivity index (χ1n) is 6.86. The number of rotatable bonds is 5. The number of nitro benzene ring substituents is 1. The molecular weight excluding hydrogens is 242 g/mol. The maximum absolute atomic E-state index is 10.9. The topological polar surface area (TPSA) is 58.4 Å². The summed E-state index contributed by atoms with van der Waals surface area (Å²) in [5.74, 6) is 0. The van der Waals surface area contributed by atoms with Crippen LogP contribution < -0.4 is 10.2 Å². The molecule has 5 nitrogen and oxygen atoms in total. The minimum Gasteiger partial charge on any atom is -0.367 e. The van der Waals surface area contributed by atoms with Crippen molar-refractivity contribution in [2.45, 2.75) is 32.7 Å². The number of nitrogens with zero attached hydrogens (tertiary/aromatic N) is 2. The quantitative estimate of drug-likeness (QED) is 0.655. The summed E-state index contributed by atoms with van der Waals surface area (Å²) in [5, 5.41) is 14.2. The van der Waals surface area contributed by atoms with Crippen molar-refractivity contribution in [3.63, 3.8) is 0 Å². The molecule has 1 atom stereocenters. The third-order valence-corrected chi connectivity index (χ3v) is 3.65. The second-order valence-electron chi connectivity index (χ2n) is 5.07. The zero-order valence-corrected chi connectivity index (χ0v) is 11.6. The van der Waals surface area contributed by atoms with Gasteiger partial charge in [0.2, 0.25) is 0 Å². The minimum atomic E-state index is -0.319. The second kappa shape index (κ2) is 6.02. The summed E-state index contributed by atoms with van der Waals surface area (Å²) in [7, 11) is 0. The molecule has 1 saturated heterocycles. The van der Waals surface area contributed by atoms with E-state index in [1.54, 1.807) is 13.0 Å². The third kappa shape index (κ3) is 3.04. The molecule has 1 heterocycles. The zero-order valence-electron chi connectivity index (χ0n) is 11.6. The first-order valence-corrected chi connectivity index (χ1v) is 6.86. The maximum atomic E-state index is 10.9. The predicted octanol–water partition coefficient (Wildman–Crippen LogP) is 2.48. The van der Waals surface area contributed by atoms with Crippen LogP contribution in [-0.4, -0.2) is 30.6 Å². The second-order valence-corrected chi connectivity index (χ2v) is 5.07. The van der Waals surface area contributed by atoms with E-state index in [1.807, 2.05) is 12.1 Å². The van der Waals surface area contributed by atoms with Crippen LogP contribution in [0.4, 0.5) is 11.4 Å². The van der Waals surface area contributed by atoms with E-state index in [4.69, 9.17) is 0 Å². The van der Waals surface area contributed by atoms with Crippen molar-refractivity contribution in [2.75, 3.05) is 24.5 Å². The summed E-state index contributed by atoms with van der Waals surface area (Å²) in [6.45, 7) is 7.00. The Kier molecular flexibility index (Phi) is 4.37. The SMILES string of the molecule is CCCN(c1ccc([N+](=O)[O-])c(C)c1)C1CCNC1. The van der Waals surface area contributed by atoms with E-state index in [1.165, 1.54) is 0 Å². The van der Waals surface area contributed by atoms with Crippen LogP contribution in [0, 0.1) is 17.0 Å². The van der Waals surface area contributed by atoms with Gasteiger partial charge in [-0.1, -0.05) is 6.92 Å². The molecule has 1 N–H and O–H groups in total. The lowest BCUT2D eigenvalue weighted by molar-refractivity contribution is -0.385. The van der Waals surface area contributed by atoms with Crippen LogP contribution in [-0.2, 0) is 0 Å². The fourth-order valence-corrected chi connectivity index (χ4v) is 2.69. The molecule has 1 aliphatic rings. The van der Waals surface area contributed by atoms with Crippen molar-refractivity contribution in [3.05, 3.63) is 33.9 Å². The van der Waals surface area contributed by atoms with Gasteiger partial charge in [0.15, 0.2) is 0 Å². The molecule has 0 amide bonds. The molecule has 19 heavy (non-hydrogen) atoms. The summed E-state index contributed by atoms with van der Waals surface area (Å²) in [6.07, 6.45) is 2.21. The molecular formula is C14H21N3O2. The number of nitrogens with one attached hydrogen (secondary N) is 1. The smallest absolute Gasteiger partial charge is 0.272 e. The molecule has 0 aromatic heterocycles. The summed E-state index contributed by atoms with van der Waals surface area (Å²) in [5.41, 5.74) is 2.03. The average Bonchev–Trinajstić information content (AvgIpc) is 2.89. The number of benzene rings is 1. The standard InChI is InChI=1S/C14H21N3O2/c1-3-8-16(13-6-7-15-10-13)12-4-5-14(17(18)19)11(2)9-12/h4-5,9,13,15H,3,6-8,10H2,1-2H3. The minimum absolute atomic E-state index is 0.199. The van der Waals surface area contributed by atoms with Gasteiger partial charge in [-0.2, -0.15) is 0 Å². The highest BCUT2D eigenvalue weighted by molar-refractivity contribution is 5.56. The molecule has 5 heteroatoms. The fourth-order valence-electron chi connectivity index (χ4n) is 2.69. The summed E-state index contributed by atoms with van der Waals surface area (Å²) in [4.78, 5) is 12.9. The number of nitro groups is 1. The van der Waals surface area contributed by atoms with E-state index in [-0.39, 0.29) is 10.6 Å².